The molecule has 1 fully saturated rings. The molecule has 0 unspecified atom stereocenters. The average molecular weight is 277 g/mol. The van der Waals surface area contributed by atoms with Gasteiger partial charge >= 0.3 is 12.0 Å². The Hall–Kier alpha value is -2.08. The topological polar surface area (TPSA) is 81.7 Å². The average Bonchev–Trinajstić information content (AvgIpc) is 2.46. The van der Waals surface area contributed by atoms with Crippen molar-refractivity contribution in [2.45, 2.75) is 25.8 Å². The minimum absolute atomic E-state index is 0.228. The molecule has 1 heterocycles. The van der Waals surface area contributed by atoms with Gasteiger partial charge in [-0.2, -0.15) is 0 Å². The molecule has 0 aromatic heterocycles. The lowest BCUT2D eigenvalue weighted by atomic mass is 10.1. The molecule has 0 radical (unpaired) electrons. The number of hydrazine groups is 1. The van der Waals surface area contributed by atoms with Crippen LogP contribution in [-0.2, 0) is 6.54 Å². The summed E-state index contributed by atoms with van der Waals surface area (Å²) in [5.74, 6) is -0.952. The first-order valence-electron chi connectivity index (χ1n) is 6.77. The zero-order valence-corrected chi connectivity index (χ0v) is 11.3. The maximum atomic E-state index is 11.7. The Morgan fingerprint density at radius 1 is 1.10 bits per heavy atom. The maximum Gasteiger partial charge on any atom is 0.335 e. The molecular weight excluding hydrogens is 258 g/mol. The van der Waals surface area contributed by atoms with Crippen LogP contribution in [0.4, 0.5) is 4.79 Å². The van der Waals surface area contributed by atoms with Crippen molar-refractivity contribution in [3.05, 3.63) is 35.4 Å². The van der Waals surface area contributed by atoms with Gasteiger partial charge in [0.25, 0.3) is 0 Å². The SMILES string of the molecule is O=C(NCc1ccc(C(=O)O)cc1)NN1CCCCC1. The van der Waals surface area contributed by atoms with Crippen LogP contribution in [0.1, 0.15) is 35.2 Å². The normalized spacial score (nSPS) is 15.6. The molecule has 0 bridgehead atoms. The van der Waals surface area contributed by atoms with Crippen molar-refractivity contribution in [3.8, 4) is 0 Å². The summed E-state index contributed by atoms with van der Waals surface area (Å²) in [5.41, 5.74) is 3.91. The molecular formula is C14H19N3O3. The number of aromatic carboxylic acids is 1. The lowest BCUT2D eigenvalue weighted by Crippen LogP contribution is -2.49. The largest absolute Gasteiger partial charge is 0.478 e. The lowest BCUT2D eigenvalue weighted by molar-refractivity contribution is 0.0697. The zero-order chi connectivity index (χ0) is 14.4. The second-order valence-corrected chi connectivity index (χ2v) is 4.84. The van der Waals surface area contributed by atoms with Crippen molar-refractivity contribution in [1.29, 1.82) is 0 Å². The highest BCUT2D eigenvalue weighted by atomic mass is 16.4. The Kier molecular flexibility index (Phi) is 4.95. The van der Waals surface area contributed by atoms with Crippen molar-refractivity contribution >= 4 is 12.0 Å². The standard InChI is InChI=1S/C14H19N3O3/c18-13(19)12-6-4-11(5-7-12)10-15-14(20)16-17-8-2-1-3-9-17/h4-7H,1-3,8-10H2,(H,18,19)(H2,15,16,20). The third kappa shape index (κ3) is 4.24. The molecule has 3 N–H and O–H groups in total. The lowest BCUT2D eigenvalue weighted by Gasteiger charge is -2.26. The van der Waals surface area contributed by atoms with Crippen molar-refractivity contribution in [3.63, 3.8) is 0 Å². The fourth-order valence-corrected chi connectivity index (χ4v) is 2.14. The Bertz CT molecular complexity index is 467. The minimum atomic E-state index is -0.952. The third-order valence-corrected chi connectivity index (χ3v) is 3.27. The molecule has 1 aromatic rings. The van der Waals surface area contributed by atoms with Crippen molar-refractivity contribution in [2.24, 2.45) is 0 Å². The minimum Gasteiger partial charge on any atom is -0.478 e. The summed E-state index contributed by atoms with van der Waals surface area (Å²) < 4.78 is 0. The van der Waals surface area contributed by atoms with Gasteiger partial charge in [-0.05, 0) is 30.5 Å². The zero-order valence-electron chi connectivity index (χ0n) is 11.3. The maximum absolute atomic E-state index is 11.7. The number of carbonyl (C=O) groups is 2. The molecule has 2 rings (SSSR count). The molecule has 1 aromatic carbocycles. The molecule has 1 aliphatic heterocycles. The van der Waals surface area contributed by atoms with Gasteiger partial charge in [0, 0.05) is 19.6 Å². The number of benzene rings is 1. The number of rotatable bonds is 4. The van der Waals surface area contributed by atoms with Gasteiger partial charge in [-0.3, -0.25) is 5.43 Å². The van der Waals surface area contributed by atoms with Crippen LogP contribution in [0.5, 0.6) is 0 Å². The summed E-state index contributed by atoms with van der Waals surface area (Å²) in [6.07, 6.45) is 3.43. The fraction of sp³-hybridized carbons (Fsp3) is 0.429. The quantitative estimate of drug-likeness (QED) is 0.780. The van der Waals surface area contributed by atoms with E-state index in [0.717, 1.165) is 31.5 Å². The Morgan fingerprint density at radius 3 is 2.35 bits per heavy atom. The van der Waals surface area contributed by atoms with Crippen LogP contribution in [-0.4, -0.2) is 35.2 Å². The molecule has 2 amide bonds. The van der Waals surface area contributed by atoms with Crippen LogP contribution in [0, 0.1) is 0 Å². The van der Waals surface area contributed by atoms with Gasteiger partial charge in [0.2, 0.25) is 0 Å². The first-order chi connectivity index (χ1) is 9.65. The van der Waals surface area contributed by atoms with E-state index in [4.69, 9.17) is 5.11 Å². The summed E-state index contributed by atoms with van der Waals surface area (Å²) in [6, 6.07) is 6.23. The van der Waals surface area contributed by atoms with Crippen LogP contribution in [0.25, 0.3) is 0 Å². The van der Waals surface area contributed by atoms with E-state index in [1.54, 1.807) is 12.1 Å². The number of carbonyl (C=O) groups excluding carboxylic acids is 1. The highest BCUT2D eigenvalue weighted by molar-refractivity contribution is 5.87. The van der Waals surface area contributed by atoms with Gasteiger partial charge in [-0.25, -0.2) is 14.6 Å². The van der Waals surface area contributed by atoms with Crippen molar-refractivity contribution < 1.29 is 14.7 Å². The van der Waals surface area contributed by atoms with E-state index in [-0.39, 0.29) is 11.6 Å². The number of carboxylic acid groups (broad SMARTS) is 1. The predicted octanol–water partition coefficient (Wildman–Crippen LogP) is 1.58. The van der Waals surface area contributed by atoms with E-state index in [1.165, 1.54) is 18.6 Å². The van der Waals surface area contributed by atoms with E-state index in [1.807, 2.05) is 5.01 Å². The number of carboxylic acids is 1. The summed E-state index contributed by atoms with van der Waals surface area (Å²) in [6.45, 7) is 2.15. The molecule has 1 saturated heterocycles. The number of urea groups is 1. The van der Waals surface area contributed by atoms with Gasteiger partial charge < -0.3 is 10.4 Å². The van der Waals surface area contributed by atoms with E-state index >= 15 is 0 Å². The summed E-state index contributed by atoms with van der Waals surface area (Å²) >= 11 is 0. The number of hydrogen-bond donors (Lipinski definition) is 3. The van der Waals surface area contributed by atoms with Crippen molar-refractivity contribution in [2.75, 3.05) is 13.1 Å². The molecule has 1 aliphatic rings. The third-order valence-electron chi connectivity index (χ3n) is 3.27. The number of nitrogens with zero attached hydrogens (tertiary/aromatic N) is 1. The Labute approximate surface area is 117 Å². The number of piperidine rings is 1. The van der Waals surface area contributed by atoms with E-state index in [9.17, 15) is 9.59 Å². The highest BCUT2D eigenvalue weighted by Gasteiger charge is 2.12. The predicted molar refractivity (Wildman–Crippen MR) is 74.2 cm³/mol. The van der Waals surface area contributed by atoms with Gasteiger partial charge in [0.05, 0.1) is 5.56 Å². The summed E-state index contributed by atoms with van der Waals surface area (Å²) in [4.78, 5) is 22.4. The molecule has 0 aliphatic carbocycles. The number of nitrogens with one attached hydrogen (secondary N) is 2. The van der Waals surface area contributed by atoms with Crippen LogP contribution in [0.15, 0.2) is 24.3 Å². The van der Waals surface area contributed by atoms with Crippen LogP contribution in [0.3, 0.4) is 0 Å². The fourth-order valence-electron chi connectivity index (χ4n) is 2.14. The van der Waals surface area contributed by atoms with Gasteiger partial charge in [0.15, 0.2) is 0 Å². The Balaban J connectivity index is 1.76. The second-order valence-electron chi connectivity index (χ2n) is 4.84. The molecule has 0 atom stereocenters. The number of hydrogen-bond acceptors (Lipinski definition) is 3. The van der Waals surface area contributed by atoms with E-state index in [2.05, 4.69) is 10.7 Å². The van der Waals surface area contributed by atoms with E-state index in [0.29, 0.717) is 6.54 Å². The molecule has 6 heteroatoms. The van der Waals surface area contributed by atoms with Gasteiger partial charge in [-0.1, -0.05) is 18.6 Å². The van der Waals surface area contributed by atoms with Gasteiger partial charge in [-0.15, -0.1) is 0 Å². The second kappa shape index (κ2) is 6.91. The molecule has 0 saturated carbocycles. The molecule has 0 spiro atoms. The first kappa shape index (κ1) is 14.3. The van der Waals surface area contributed by atoms with Gasteiger partial charge in [0.1, 0.15) is 0 Å². The number of amides is 2. The summed E-state index contributed by atoms with van der Waals surface area (Å²) in [7, 11) is 0. The van der Waals surface area contributed by atoms with Crippen LogP contribution < -0.4 is 10.7 Å². The van der Waals surface area contributed by atoms with Crippen LogP contribution >= 0.6 is 0 Å². The summed E-state index contributed by atoms with van der Waals surface area (Å²) in [5, 5.41) is 13.5. The monoisotopic (exact) mass is 277 g/mol. The molecule has 20 heavy (non-hydrogen) atoms. The first-order valence-corrected chi connectivity index (χ1v) is 6.77. The van der Waals surface area contributed by atoms with E-state index < -0.39 is 5.97 Å². The van der Waals surface area contributed by atoms with Crippen LogP contribution in [0.2, 0.25) is 0 Å². The highest BCUT2D eigenvalue weighted by Crippen LogP contribution is 2.06. The molecule has 108 valence electrons. The van der Waals surface area contributed by atoms with Crippen molar-refractivity contribution in [1.82, 2.24) is 15.8 Å². The Morgan fingerprint density at radius 2 is 1.75 bits per heavy atom. The smallest absolute Gasteiger partial charge is 0.335 e. The molecule has 6 nitrogen and oxygen atoms in total.